The molecular weight excluding hydrogens is 316 g/mol. The standard InChI is InChI=1S/C17H19F2N3O2/c18-14-1-2-16(19)13(6-14)9-22-3-4-24-10-12(8-22)5-15-7-17(23)21-11-20-15/h1-2,6-7,11-12H,3-5,8-10H2,(H,20,21,23). The number of nitrogens with zero attached hydrogens (tertiary/aromatic N) is 2. The SMILES string of the molecule is O=c1cc(CC2COCCN(Cc3cc(F)ccc3F)C2)nc[nH]1. The van der Waals surface area contributed by atoms with E-state index in [1.54, 1.807) is 0 Å². The molecular formula is C17H19F2N3O2. The van der Waals surface area contributed by atoms with E-state index in [4.69, 9.17) is 4.74 Å². The lowest BCUT2D eigenvalue weighted by molar-refractivity contribution is 0.121. The van der Waals surface area contributed by atoms with Gasteiger partial charge in [-0.15, -0.1) is 0 Å². The second-order valence-corrected chi connectivity index (χ2v) is 6.02. The Bertz CT molecular complexity index is 751. The normalized spacial score (nSPS) is 19.2. The number of ether oxygens (including phenoxy) is 1. The van der Waals surface area contributed by atoms with Crippen molar-refractivity contribution in [3.8, 4) is 0 Å². The summed E-state index contributed by atoms with van der Waals surface area (Å²) in [7, 11) is 0. The molecule has 1 aliphatic rings. The molecule has 1 saturated heterocycles. The van der Waals surface area contributed by atoms with Gasteiger partial charge in [-0.3, -0.25) is 9.69 Å². The Kier molecular flexibility index (Phi) is 5.32. The molecule has 0 radical (unpaired) electrons. The smallest absolute Gasteiger partial charge is 0.250 e. The maximum atomic E-state index is 13.8. The van der Waals surface area contributed by atoms with Gasteiger partial charge in [0.25, 0.3) is 5.56 Å². The zero-order valence-corrected chi connectivity index (χ0v) is 13.2. The molecule has 0 bridgehead atoms. The molecule has 1 atom stereocenters. The van der Waals surface area contributed by atoms with Crippen molar-refractivity contribution in [1.29, 1.82) is 0 Å². The van der Waals surface area contributed by atoms with Crippen molar-refractivity contribution in [1.82, 2.24) is 14.9 Å². The number of H-pyrrole nitrogens is 1. The summed E-state index contributed by atoms with van der Waals surface area (Å²) < 4.78 is 32.8. The van der Waals surface area contributed by atoms with E-state index < -0.39 is 11.6 Å². The van der Waals surface area contributed by atoms with Crippen LogP contribution in [0.25, 0.3) is 0 Å². The van der Waals surface area contributed by atoms with Crippen LogP contribution in [0.4, 0.5) is 8.78 Å². The predicted octanol–water partition coefficient (Wildman–Crippen LogP) is 1.74. The molecule has 3 rings (SSSR count). The van der Waals surface area contributed by atoms with Gasteiger partial charge in [0.1, 0.15) is 11.6 Å². The van der Waals surface area contributed by atoms with E-state index in [1.807, 2.05) is 4.90 Å². The number of aromatic amines is 1. The van der Waals surface area contributed by atoms with Crippen molar-refractivity contribution in [2.45, 2.75) is 13.0 Å². The summed E-state index contributed by atoms with van der Waals surface area (Å²) >= 11 is 0. The van der Waals surface area contributed by atoms with Crippen molar-refractivity contribution in [3.63, 3.8) is 0 Å². The van der Waals surface area contributed by atoms with E-state index in [2.05, 4.69) is 9.97 Å². The van der Waals surface area contributed by atoms with Gasteiger partial charge in [0.2, 0.25) is 0 Å². The Morgan fingerprint density at radius 2 is 2.21 bits per heavy atom. The molecule has 5 nitrogen and oxygen atoms in total. The maximum absolute atomic E-state index is 13.8. The van der Waals surface area contributed by atoms with Gasteiger partial charge in [0.05, 0.1) is 19.5 Å². The average molecular weight is 335 g/mol. The monoisotopic (exact) mass is 335 g/mol. The summed E-state index contributed by atoms with van der Waals surface area (Å²) in [6.45, 7) is 2.73. The van der Waals surface area contributed by atoms with Crippen LogP contribution >= 0.6 is 0 Å². The van der Waals surface area contributed by atoms with Crippen molar-refractivity contribution >= 4 is 0 Å². The van der Waals surface area contributed by atoms with E-state index in [0.29, 0.717) is 50.5 Å². The van der Waals surface area contributed by atoms with Crippen molar-refractivity contribution in [2.75, 3.05) is 26.3 Å². The molecule has 0 spiro atoms. The van der Waals surface area contributed by atoms with Crippen LogP contribution in [0.2, 0.25) is 0 Å². The summed E-state index contributed by atoms with van der Waals surface area (Å²) in [5.74, 6) is -0.713. The van der Waals surface area contributed by atoms with Crippen molar-refractivity contribution < 1.29 is 13.5 Å². The molecule has 2 heterocycles. The minimum atomic E-state index is -0.443. The van der Waals surface area contributed by atoms with Crippen LogP contribution in [0.3, 0.4) is 0 Å². The molecule has 128 valence electrons. The highest BCUT2D eigenvalue weighted by Gasteiger charge is 2.21. The lowest BCUT2D eigenvalue weighted by atomic mass is 10.0. The zero-order valence-electron chi connectivity index (χ0n) is 13.2. The van der Waals surface area contributed by atoms with Gasteiger partial charge < -0.3 is 9.72 Å². The van der Waals surface area contributed by atoms with Gasteiger partial charge in [-0.1, -0.05) is 0 Å². The lowest BCUT2D eigenvalue weighted by Gasteiger charge is -2.23. The third kappa shape index (κ3) is 4.46. The van der Waals surface area contributed by atoms with Gasteiger partial charge >= 0.3 is 0 Å². The zero-order chi connectivity index (χ0) is 16.9. The molecule has 7 heteroatoms. The largest absolute Gasteiger partial charge is 0.380 e. The van der Waals surface area contributed by atoms with Crippen LogP contribution in [0.15, 0.2) is 35.4 Å². The summed E-state index contributed by atoms with van der Waals surface area (Å²) in [6.07, 6.45) is 1.99. The van der Waals surface area contributed by atoms with Crippen molar-refractivity contribution in [3.05, 3.63) is 63.8 Å². The third-order valence-electron chi connectivity index (χ3n) is 4.06. The summed E-state index contributed by atoms with van der Waals surface area (Å²) in [5, 5.41) is 0. The van der Waals surface area contributed by atoms with Crippen molar-refractivity contribution in [2.24, 2.45) is 5.92 Å². The topological polar surface area (TPSA) is 58.2 Å². The number of halogens is 2. The third-order valence-corrected chi connectivity index (χ3v) is 4.06. The number of benzene rings is 1. The highest BCUT2D eigenvalue weighted by atomic mass is 19.1. The Morgan fingerprint density at radius 3 is 3.04 bits per heavy atom. The second kappa shape index (κ2) is 7.63. The van der Waals surface area contributed by atoms with Crippen LogP contribution in [0.1, 0.15) is 11.3 Å². The Hall–Kier alpha value is -2.12. The van der Waals surface area contributed by atoms with E-state index >= 15 is 0 Å². The summed E-state index contributed by atoms with van der Waals surface area (Å²) in [6, 6.07) is 4.97. The summed E-state index contributed by atoms with van der Waals surface area (Å²) in [4.78, 5) is 20.1. The Labute approximate surface area is 138 Å². The van der Waals surface area contributed by atoms with Gasteiger partial charge in [-0.2, -0.15) is 0 Å². The number of hydrogen-bond donors (Lipinski definition) is 1. The molecule has 1 aliphatic heterocycles. The minimum absolute atomic E-state index is 0.137. The minimum Gasteiger partial charge on any atom is -0.380 e. The van der Waals surface area contributed by atoms with Crippen LogP contribution in [-0.2, 0) is 17.7 Å². The molecule has 0 amide bonds. The fourth-order valence-electron chi connectivity index (χ4n) is 2.94. The molecule has 0 aliphatic carbocycles. The first-order chi connectivity index (χ1) is 11.6. The van der Waals surface area contributed by atoms with E-state index in [9.17, 15) is 13.6 Å². The second-order valence-electron chi connectivity index (χ2n) is 6.02. The maximum Gasteiger partial charge on any atom is 0.250 e. The quantitative estimate of drug-likeness (QED) is 0.925. The average Bonchev–Trinajstić information content (AvgIpc) is 2.76. The lowest BCUT2D eigenvalue weighted by Crippen LogP contribution is -2.31. The van der Waals surface area contributed by atoms with Gasteiger partial charge in [-0.05, 0) is 24.6 Å². The fourth-order valence-corrected chi connectivity index (χ4v) is 2.94. The molecule has 0 saturated carbocycles. The molecule has 1 aromatic carbocycles. The fraction of sp³-hybridized carbons (Fsp3) is 0.412. The molecule has 1 unspecified atom stereocenters. The molecule has 24 heavy (non-hydrogen) atoms. The number of rotatable bonds is 4. The van der Waals surface area contributed by atoms with Gasteiger partial charge in [0.15, 0.2) is 0 Å². The van der Waals surface area contributed by atoms with Crippen LogP contribution in [-0.4, -0.2) is 41.2 Å². The molecule has 2 aromatic rings. The Balaban J connectivity index is 1.68. The number of hydrogen-bond acceptors (Lipinski definition) is 4. The van der Waals surface area contributed by atoms with E-state index in [0.717, 1.165) is 12.1 Å². The highest BCUT2D eigenvalue weighted by Crippen LogP contribution is 2.17. The highest BCUT2D eigenvalue weighted by molar-refractivity contribution is 5.18. The number of aromatic nitrogens is 2. The molecule has 1 aromatic heterocycles. The van der Waals surface area contributed by atoms with E-state index in [1.165, 1.54) is 18.5 Å². The molecule has 1 N–H and O–H groups in total. The first kappa shape index (κ1) is 16.7. The summed E-state index contributed by atoms with van der Waals surface area (Å²) in [5.41, 5.74) is 0.851. The van der Waals surface area contributed by atoms with Gasteiger partial charge in [-0.25, -0.2) is 13.8 Å². The predicted molar refractivity (Wildman–Crippen MR) is 84.5 cm³/mol. The van der Waals surface area contributed by atoms with Crippen LogP contribution < -0.4 is 5.56 Å². The Morgan fingerprint density at radius 1 is 1.33 bits per heavy atom. The van der Waals surface area contributed by atoms with Gasteiger partial charge in [0, 0.05) is 42.9 Å². The first-order valence-corrected chi connectivity index (χ1v) is 7.88. The molecule has 1 fully saturated rings. The van der Waals surface area contributed by atoms with Crippen LogP contribution in [0.5, 0.6) is 0 Å². The van der Waals surface area contributed by atoms with Crippen LogP contribution in [0, 0.1) is 17.6 Å². The van der Waals surface area contributed by atoms with E-state index in [-0.39, 0.29) is 11.5 Å². The number of nitrogens with one attached hydrogen (secondary N) is 1. The first-order valence-electron chi connectivity index (χ1n) is 7.88.